The molecule has 1 atom stereocenters. The van der Waals surface area contributed by atoms with Crippen LogP contribution in [-0.4, -0.2) is 17.5 Å². The molecule has 0 aliphatic carbocycles. The molecule has 0 aliphatic heterocycles. The number of nitrogens with zero attached hydrogens (tertiary/aromatic N) is 1. The Morgan fingerprint density at radius 3 is 2.40 bits per heavy atom. The van der Waals surface area contributed by atoms with E-state index in [9.17, 15) is 10.1 Å². The van der Waals surface area contributed by atoms with Crippen molar-refractivity contribution in [3.8, 4) is 0 Å². The van der Waals surface area contributed by atoms with Crippen molar-refractivity contribution in [3.63, 3.8) is 0 Å². The molecule has 4 heteroatoms. The van der Waals surface area contributed by atoms with Crippen LogP contribution in [0.5, 0.6) is 0 Å². The number of hydrogen-bond donors (Lipinski definition) is 1. The summed E-state index contributed by atoms with van der Waals surface area (Å²) in [5, 5.41) is 14.2. The highest BCUT2D eigenvalue weighted by molar-refractivity contribution is 5.32. The van der Waals surface area contributed by atoms with E-state index in [-0.39, 0.29) is 10.6 Å². The Morgan fingerprint density at radius 1 is 1.15 bits per heavy atom. The van der Waals surface area contributed by atoms with Gasteiger partial charge in [-0.1, -0.05) is 32.4 Å². The third-order valence-corrected chi connectivity index (χ3v) is 3.49. The van der Waals surface area contributed by atoms with Crippen LogP contribution >= 0.6 is 0 Å². The first-order valence-electron chi connectivity index (χ1n) is 7.64. The minimum absolute atomic E-state index is 0.169. The highest BCUT2D eigenvalue weighted by Gasteiger charge is 2.07. The van der Waals surface area contributed by atoms with Crippen molar-refractivity contribution in [2.24, 2.45) is 0 Å². The number of nitro benzene ring substituents is 1. The number of benzene rings is 1. The molecule has 1 unspecified atom stereocenters. The lowest BCUT2D eigenvalue weighted by atomic mass is 10.0. The number of nitro groups is 1. The molecule has 0 saturated carbocycles. The van der Waals surface area contributed by atoms with Crippen LogP contribution in [0.25, 0.3) is 0 Å². The molecule has 0 spiro atoms. The van der Waals surface area contributed by atoms with E-state index in [0.717, 1.165) is 19.4 Å². The Balaban J connectivity index is 2.35. The Hall–Kier alpha value is -1.42. The highest BCUT2D eigenvalue weighted by atomic mass is 16.6. The quantitative estimate of drug-likeness (QED) is 0.518. The topological polar surface area (TPSA) is 55.2 Å². The molecule has 0 amide bonds. The average molecular weight is 278 g/mol. The molecule has 1 aromatic rings. The summed E-state index contributed by atoms with van der Waals surface area (Å²) in [6, 6.07) is 7.53. The molecule has 0 heterocycles. The maximum Gasteiger partial charge on any atom is 0.269 e. The van der Waals surface area contributed by atoms with Gasteiger partial charge in [-0.05, 0) is 44.2 Å². The molecule has 0 bridgehead atoms. The summed E-state index contributed by atoms with van der Waals surface area (Å²) < 4.78 is 0. The molecule has 0 fully saturated rings. The fraction of sp³-hybridized carbons (Fsp3) is 0.625. The van der Waals surface area contributed by atoms with E-state index in [0.29, 0.717) is 6.04 Å². The summed E-state index contributed by atoms with van der Waals surface area (Å²) in [4.78, 5) is 10.2. The summed E-state index contributed by atoms with van der Waals surface area (Å²) in [5.41, 5.74) is 1.35. The van der Waals surface area contributed by atoms with E-state index in [1.165, 1.54) is 31.2 Å². The third-order valence-electron chi connectivity index (χ3n) is 3.49. The van der Waals surface area contributed by atoms with Gasteiger partial charge in [-0.3, -0.25) is 10.1 Å². The lowest BCUT2D eigenvalue weighted by molar-refractivity contribution is -0.384. The number of nitrogens with one attached hydrogen (secondary N) is 1. The number of non-ortho nitro benzene ring substituents is 1. The molecule has 0 radical (unpaired) electrons. The van der Waals surface area contributed by atoms with Gasteiger partial charge in [0.25, 0.3) is 5.69 Å². The molecule has 0 aromatic heterocycles. The van der Waals surface area contributed by atoms with Crippen LogP contribution in [0.3, 0.4) is 0 Å². The molecule has 20 heavy (non-hydrogen) atoms. The number of aryl methyl sites for hydroxylation is 1. The van der Waals surface area contributed by atoms with Crippen molar-refractivity contribution in [2.75, 3.05) is 6.54 Å². The van der Waals surface area contributed by atoms with E-state index in [2.05, 4.69) is 19.2 Å². The monoisotopic (exact) mass is 278 g/mol. The maximum absolute atomic E-state index is 10.6. The zero-order chi connectivity index (χ0) is 14.8. The zero-order valence-electron chi connectivity index (χ0n) is 12.6. The molecular weight excluding hydrogens is 252 g/mol. The molecule has 4 nitrogen and oxygen atoms in total. The molecule has 0 aliphatic rings. The van der Waals surface area contributed by atoms with Gasteiger partial charge in [0, 0.05) is 18.2 Å². The van der Waals surface area contributed by atoms with Crippen molar-refractivity contribution in [2.45, 2.75) is 58.4 Å². The average Bonchev–Trinajstić information content (AvgIpc) is 2.45. The lowest BCUT2D eigenvalue weighted by Gasteiger charge is -2.17. The van der Waals surface area contributed by atoms with Gasteiger partial charge in [-0.15, -0.1) is 0 Å². The number of rotatable bonds is 10. The fourth-order valence-electron chi connectivity index (χ4n) is 2.38. The largest absolute Gasteiger partial charge is 0.314 e. The van der Waals surface area contributed by atoms with E-state index in [4.69, 9.17) is 0 Å². The second-order valence-electron chi connectivity index (χ2n) is 5.26. The minimum Gasteiger partial charge on any atom is -0.314 e. The van der Waals surface area contributed by atoms with E-state index < -0.39 is 0 Å². The van der Waals surface area contributed by atoms with Gasteiger partial charge in [0.15, 0.2) is 0 Å². The second kappa shape index (κ2) is 9.48. The van der Waals surface area contributed by atoms with Crippen molar-refractivity contribution in [1.29, 1.82) is 0 Å². The zero-order valence-corrected chi connectivity index (χ0v) is 12.6. The number of hydrogen-bond acceptors (Lipinski definition) is 3. The van der Waals surface area contributed by atoms with Gasteiger partial charge in [-0.2, -0.15) is 0 Å². The Kier molecular flexibility index (Phi) is 7.88. The Bertz CT molecular complexity index is 390. The molecule has 112 valence electrons. The maximum atomic E-state index is 10.6. The summed E-state index contributed by atoms with van der Waals surface area (Å²) in [5.74, 6) is 0. The fourth-order valence-corrected chi connectivity index (χ4v) is 2.38. The van der Waals surface area contributed by atoms with Gasteiger partial charge in [0.2, 0.25) is 0 Å². The van der Waals surface area contributed by atoms with Gasteiger partial charge in [0.1, 0.15) is 0 Å². The normalized spacial score (nSPS) is 12.3. The SMILES string of the molecule is CCCNC(CCC)CCCc1ccc([N+](=O)[O-])cc1. The van der Waals surface area contributed by atoms with Crippen LogP contribution in [0.2, 0.25) is 0 Å². The summed E-state index contributed by atoms with van der Waals surface area (Å²) in [7, 11) is 0. The standard InChI is InChI=1S/C16H26N2O2/c1-3-6-15(17-13-4-2)8-5-7-14-9-11-16(12-10-14)18(19)20/h9-12,15,17H,3-8,13H2,1-2H3. The van der Waals surface area contributed by atoms with Crippen LogP contribution in [0.4, 0.5) is 5.69 Å². The first-order valence-corrected chi connectivity index (χ1v) is 7.64. The van der Waals surface area contributed by atoms with Crippen LogP contribution in [-0.2, 0) is 6.42 Å². The summed E-state index contributed by atoms with van der Waals surface area (Å²) >= 11 is 0. The molecule has 1 rings (SSSR count). The first kappa shape index (κ1) is 16.6. The first-order chi connectivity index (χ1) is 9.67. The Morgan fingerprint density at radius 2 is 1.85 bits per heavy atom. The minimum atomic E-state index is -0.351. The van der Waals surface area contributed by atoms with E-state index >= 15 is 0 Å². The van der Waals surface area contributed by atoms with Crippen molar-refractivity contribution in [3.05, 3.63) is 39.9 Å². The van der Waals surface area contributed by atoms with E-state index in [1.54, 1.807) is 12.1 Å². The smallest absolute Gasteiger partial charge is 0.269 e. The van der Waals surface area contributed by atoms with Crippen LogP contribution in [0.1, 0.15) is 51.5 Å². The van der Waals surface area contributed by atoms with Crippen LogP contribution in [0.15, 0.2) is 24.3 Å². The van der Waals surface area contributed by atoms with Crippen LogP contribution < -0.4 is 5.32 Å². The molecule has 1 aromatic carbocycles. The Labute approximate surface area is 121 Å². The molecule has 0 saturated heterocycles. The van der Waals surface area contributed by atoms with Gasteiger partial charge < -0.3 is 5.32 Å². The van der Waals surface area contributed by atoms with Crippen molar-refractivity contribution >= 4 is 5.69 Å². The predicted octanol–water partition coefficient (Wildman–Crippen LogP) is 4.09. The van der Waals surface area contributed by atoms with E-state index in [1.807, 2.05) is 12.1 Å². The van der Waals surface area contributed by atoms with Gasteiger partial charge in [-0.25, -0.2) is 0 Å². The highest BCUT2D eigenvalue weighted by Crippen LogP contribution is 2.15. The van der Waals surface area contributed by atoms with Crippen LogP contribution in [0, 0.1) is 10.1 Å². The van der Waals surface area contributed by atoms with Crippen molar-refractivity contribution < 1.29 is 4.92 Å². The predicted molar refractivity (Wildman–Crippen MR) is 83.0 cm³/mol. The molecular formula is C16H26N2O2. The molecule has 1 N–H and O–H groups in total. The third kappa shape index (κ3) is 6.15. The summed E-state index contributed by atoms with van der Waals surface area (Å²) in [6.07, 6.45) is 6.89. The lowest BCUT2D eigenvalue weighted by Crippen LogP contribution is -2.29. The van der Waals surface area contributed by atoms with Gasteiger partial charge >= 0.3 is 0 Å². The van der Waals surface area contributed by atoms with Crippen molar-refractivity contribution in [1.82, 2.24) is 5.32 Å². The summed E-state index contributed by atoms with van der Waals surface area (Å²) in [6.45, 7) is 5.49. The van der Waals surface area contributed by atoms with Gasteiger partial charge in [0.05, 0.1) is 4.92 Å². The second-order valence-corrected chi connectivity index (χ2v) is 5.26.